The molecule has 0 radical (unpaired) electrons. The Bertz CT molecular complexity index is 524. The number of nitrogens with one attached hydrogen (secondary N) is 1. The van der Waals surface area contributed by atoms with E-state index in [4.69, 9.17) is 4.74 Å². The maximum absolute atomic E-state index is 12.3. The molecule has 1 amide bonds. The van der Waals surface area contributed by atoms with Crippen LogP contribution in [0.2, 0.25) is 0 Å². The second-order valence-electron chi connectivity index (χ2n) is 5.83. The van der Waals surface area contributed by atoms with E-state index in [1.165, 1.54) is 32.1 Å². The molecule has 0 spiro atoms. The van der Waals surface area contributed by atoms with E-state index in [2.05, 4.69) is 5.32 Å². The molecule has 0 bridgehead atoms. The number of thioether (sulfide) groups is 1. The molecule has 1 saturated carbocycles. The van der Waals surface area contributed by atoms with Crippen molar-refractivity contribution >= 4 is 29.3 Å². The average molecular weight is 335 g/mol. The largest absolute Gasteiger partial charge is 0.462 e. The van der Waals surface area contributed by atoms with Crippen LogP contribution in [-0.4, -0.2) is 29.0 Å². The number of benzene rings is 1. The van der Waals surface area contributed by atoms with Crippen LogP contribution in [-0.2, 0) is 9.53 Å². The summed E-state index contributed by atoms with van der Waals surface area (Å²) in [6, 6.07) is 6.82. The van der Waals surface area contributed by atoms with Crippen LogP contribution in [0.3, 0.4) is 0 Å². The van der Waals surface area contributed by atoms with Crippen LogP contribution in [0.15, 0.2) is 24.3 Å². The van der Waals surface area contributed by atoms with Crippen molar-refractivity contribution in [3.63, 3.8) is 0 Å². The van der Waals surface area contributed by atoms with E-state index in [0.29, 0.717) is 23.1 Å². The molecule has 0 aliphatic heterocycles. The lowest BCUT2D eigenvalue weighted by Crippen LogP contribution is -2.25. The second kappa shape index (κ2) is 8.96. The van der Waals surface area contributed by atoms with Crippen LogP contribution < -0.4 is 5.32 Å². The van der Waals surface area contributed by atoms with Gasteiger partial charge in [-0.15, -0.1) is 11.8 Å². The van der Waals surface area contributed by atoms with E-state index >= 15 is 0 Å². The van der Waals surface area contributed by atoms with Crippen LogP contribution in [0.4, 0.5) is 5.69 Å². The Morgan fingerprint density at radius 3 is 2.48 bits per heavy atom. The maximum atomic E-state index is 12.3. The fourth-order valence-electron chi connectivity index (χ4n) is 2.70. The van der Waals surface area contributed by atoms with Crippen LogP contribution in [0, 0.1) is 0 Å². The summed E-state index contributed by atoms with van der Waals surface area (Å²) in [6.07, 6.45) is 6.32. The topological polar surface area (TPSA) is 55.4 Å². The Morgan fingerprint density at radius 1 is 1.22 bits per heavy atom. The molecule has 2 rings (SSSR count). The average Bonchev–Trinajstić information content (AvgIpc) is 2.56. The highest BCUT2D eigenvalue weighted by atomic mass is 32.2. The fraction of sp³-hybridized carbons (Fsp3) is 0.556. The van der Waals surface area contributed by atoms with Gasteiger partial charge in [0.1, 0.15) is 0 Å². The molecule has 4 nitrogen and oxygen atoms in total. The van der Waals surface area contributed by atoms with E-state index in [1.807, 2.05) is 6.92 Å². The molecule has 1 aliphatic rings. The molecule has 23 heavy (non-hydrogen) atoms. The van der Waals surface area contributed by atoms with Gasteiger partial charge < -0.3 is 10.1 Å². The number of carbonyl (C=O) groups excluding carboxylic acids is 2. The van der Waals surface area contributed by atoms with Crippen molar-refractivity contribution in [2.24, 2.45) is 0 Å². The summed E-state index contributed by atoms with van der Waals surface area (Å²) in [5, 5.41) is 3.46. The standard InChI is InChI=1S/C18H25NO3S/c1-3-22-18(21)14-9-11-15(12-10-14)19-17(20)13(2)23-16-7-5-4-6-8-16/h9-13,16H,3-8H2,1-2H3,(H,19,20). The predicted octanol–water partition coefficient (Wildman–Crippen LogP) is 4.26. The normalized spacial score (nSPS) is 16.6. The molecule has 1 fully saturated rings. The van der Waals surface area contributed by atoms with Gasteiger partial charge in [-0.25, -0.2) is 4.79 Å². The molecular weight excluding hydrogens is 310 g/mol. The molecule has 0 aromatic heterocycles. The van der Waals surface area contributed by atoms with Crippen molar-refractivity contribution in [2.75, 3.05) is 11.9 Å². The highest BCUT2D eigenvalue weighted by Gasteiger charge is 2.21. The van der Waals surface area contributed by atoms with E-state index in [-0.39, 0.29) is 17.1 Å². The lowest BCUT2D eigenvalue weighted by atomic mass is 10.0. The van der Waals surface area contributed by atoms with E-state index < -0.39 is 0 Å². The predicted molar refractivity (Wildman–Crippen MR) is 95.0 cm³/mol. The summed E-state index contributed by atoms with van der Waals surface area (Å²) >= 11 is 1.78. The van der Waals surface area contributed by atoms with Crippen molar-refractivity contribution in [3.8, 4) is 0 Å². The molecule has 1 aromatic rings. The lowest BCUT2D eigenvalue weighted by Gasteiger charge is -2.23. The van der Waals surface area contributed by atoms with Crippen molar-refractivity contribution in [3.05, 3.63) is 29.8 Å². The maximum Gasteiger partial charge on any atom is 0.338 e. The highest BCUT2D eigenvalue weighted by Crippen LogP contribution is 2.31. The van der Waals surface area contributed by atoms with Crippen molar-refractivity contribution in [1.29, 1.82) is 0 Å². The third kappa shape index (κ3) is 5.57. The summed E-state index contributed by atoms with van der Waals surface area (Å²) in [5.41, 5.74) is 1.20. The zero-order valence-corrected chi connectivity index (χ0v) is 14.7. The number of amides is 1. The Kier molecular flexibility index (Phi) is 6.96. The van der Waals surface area contributed by atoms with E-state index in [1.54, 1.807) is 43.0 Å². The number of carbonyl (C=O) groups is 2. The van der Waals surface area contributed by atoms with Gasteiger partial charge >= 0.3 is 5.97 Å². The number of rotatable bonds is 6. The van der Waals surface area contributed by atoms with Gasteiger partial charge in [0.15, 0.2) is 0 Å². The highest BCUT2D eigenvalue weighted by molar-refractivity contribution is 8.01. The van der Waals surface area contributed by atoms with Crippen LogP contribution in [0.5, 0.6) is 0 Å². The molecule has 126 valence electrons. The molecule has 5 heteroatoms. The lowest BCUT2D eigenvalue weighted by molar-refractivity contribution is -0.115. The first-order chi connectivity index (χ1) is 11.1. The van der Waals surface area contributed by atoms with Crippen molar-refractivity contribution < 1.29 is 14.3 Å². The van der Waals surface area contributed by atoms with Crippen LogP contribution >= 0.6 is 11.8 Å². The van der Waals surface area contributed by atoms with Gasteiger partial charge in [-0.1, -0.05) is 19.3 Å². The van der Waals surface area contributed by atoms with Gasteiger partial charge in [0, 0.05) is 10.9 Å². The first-order valence-corrected chi connectivity index (χ1v) is 9.28. The van der Waals surface area contributed by atoms with E-state index in [0.717, 1.165) is 0 Å². The second-order valence-corrected chi connectivity index (χ2v) is 7.47. The summed E-state index contributed by atoms with van der Waals surface area (Å²) in [5.74, 6) is -0.323. The fourth-order valence-corrected chi connectivity index (χ4v) is 4.07. The molecule has 0 heterocycles. The van der Waals surface area contributed by atoms with Crippen LogP contribution in [0.1, 0.15) is 56.3 Å². The minimum absolute atomic E-state index is 0.0180. The van der Waals surface area contributed by atoms with Gasteiger partial charge in [0.25, 0.3) is 0 Å². The summed E-state index contributed by atoms with van der Waals surface area (Å²) in [7, 11) is 0. The Balaban J connectivity index is 1.85. The summed E-state index contributed by atoms with van der Waals surface area (Å²) < 4.78 is 4.94. The number of hydrogen-bond acceptors (Lipinski definition) is 4. The van der Waals surface area contributed by atoms with Gasteiger partial charge in [-0.3, -0.25) is 4.79 Å². The van der Waals surface area contributed by atoms with Crippen molar-refractivity contribution in [1.82, 2.24) is 0 Å². The number of esters is 1. The monoisotopic (exact) mass is 335 g/mol. The quantitative estimate of drug-likeness (QED) is 0.789. The zero-order valence-electron chi connectivity index (χ0n) is 13.8. The van der Waals surface area contributed by atoms with Gasteiger partial charge in [-0.05, 0) is 51.0 Å². The summed E-state index contributed by atoms with van der Waals surface area (Å²) in [6.45, 7) is 4.09. The Labute approximate surface area is 142 Å². The number of anilines is 1. The van der Waals surface area contributed by atoms with Crippen molar-refractivity contribution in [2.45, 2.75) is 56.5 Å². The van der Waals surface area contributed by atoms with Gasteiger partial charge in [-0.2, -0.15) is 0 Å². The SMILES string of the molecule is CCOC(=O)c1ccc(NC(=O)C(C)SC2CCCCC2)cc1. The molecule has 0 saturated heterocycles. The van der Waals surface area contributed by atoms with Crippen LogP contribution in [0.25, 0.3) is 0 Å². The van der Waals surface area contributed by atoms with Gasteiger partial charge in [0.05, 0.1) is 17.4 Å². The van der Waals surface area contributed by atoms with E-state index in [9.17, 15) is 9.59 Å². The molecule has 1 aromatic carbocycles. The zero-order chi connectivity index (χ0) is 16.7. The first kappa shape index (κ1) is 17.9. The van der Waals surface area contributed by atoms with Gasteiger partial charge in [0.2, 0.25) is 5.91 Å². The Hall–Kier alpha value is -1.49. The molecular formula is C18H25NO3S. The smallest absolute Gasteiger partial charge is 0.338 e. The minimum Gasteiger partial charge on any atom is -0.462 e. The molecule has 1 aliphatic carbocycles. The number of hydrogen-bond donors (Lipinski definition) is 1. The summed E-state index contributed by atoms with van der Waals surface area (Å²) in [4.78, 5) is 23.9. The number of ether oxygens (including phenoxy) is 1. The minimum atomic E-state index is -0.341. The molecule has 1 N–H and O–H groups in total. The third-order valence-corrected chi connectivity index (χ3v) is 5.46. The molecule has 1 unspecified atom stereocenters. The first-order valence-electron chi connectivity index (χ1n) is 8.33. The third-order valence-electron chi connectivity index (χ3n) is 3.98. The molecule has 1 atom stereocenters. The Morgan fingerprint density at radius 2 is 1.87 bits per heavy atom.